The van der Waals surface area contributed by atoms with E-state index in [1.165, 1.54) is 0 Å². The zero-order chi connectivity index (χ0) is 17.2. The molecule has 0 unspecified atom stereocenters. The molecule has 0 bridgehead atoms. The first-order valence-corrected chi connectivity index (χ1v) is 8.70. The van der Waals surface area contributed by atoms with E-state index in [2.05, 4.69) is 37.9 Å². The Morgan fingerprint density at radius 3 is 2.64 bits per heavy atom. The minimum atomic E-state index is 0.821. The van der Waals surface area contributed by atoms with Crippen LogP contribution in [0.2, 0.25) is 0 Å². The molecule has 0 aliphatic rings. The van der Waals surface area contributed by atoms with Gasteiger partial charge in [-0.3, -0.25) is 4.98 Å². The van der Waals surface area contributed by atoms with E-state index in [-0.39, 0.29) is 0 Å². The summed E-state index contributed by atoms with van der Waals surface area (Å²) in [6.45, 7) is 2.06. The number of hydrogen-bond acceptors (Lipinski definition) is 3. The summed E-state index contributed by atoms with van der Waals surface area (Å²) in [5, 5.41) is 4.48. The SMILES string of the molecule is Cc1c(C=Cc2cnc3cc(Br)ccc3n2)cnn1-c1ccccc1. The van der Waals surface area contributed by atoms with E-state index in [9.17, 15) is 0 Å². The van der Waals surface area contributed by atoms with Crippen molar-refractivity contribution in [3.63, 3.8) is 0 Å². The van der Waals surface area contributed by atoms with Crippen LogP contribution in [0.1, 0.15) is 17.0 Å². The van der Waals surface area contributed by atoms with Crippen LogP contribution in [-0.4, -0.2) is 19.7 Å². The average molecular weight is 391 g/mol. The number of benzene rings is 2. The summed E-state index contributed by atoms with van der Waals surface area (Å²) < 4.78 is 2.94. The molecule has 2 heterocycles. The summed E-state index contributed by atoms with van der Waals surface area (Å²) in [5.41, 5.74) is 5.76. The Balaban J connectivity index is 1.64. The normalized spacial score (nSPS) is 11.4. The van der Waals surface area contributed by atoms with Gasteiger partial charge in [-0.05, 0) is 49.4 Å². The largest absolute Gasteiger partial charge is 0.252 e. The fourth-order valence-electron chi connectivity index (χ4n) is 2.67. The predicted molar refractivity (Wildman–Crippen MR) is 104 cm³/mol. The Hall–Kier alpha value is -2.79. The number of halogens is 1. The summed E-state index contributed by atoms with van der Waals surface area (Å²) in [6, 6.07) is 16.0. The molecule has 5 heteroatoms. The van der Waals surface area contributed by atoms with Gasteiger partial charge in [-0.25, -0.2) is 9.67 Å². The van der Waals surface area contributed by atoms with Crippen LogP contribution in [0.5, 0.6) is 0 Å². The van der Waals surface area contributed by atoms with Crippen molar-refractivity contribution in [2.75, 3.05) is 0 Å². The van der Waals surface area contributed by atoms with Gasteiger partial charge in [0.2, 0.25) is 0 Å². The van der Waals surface area contributed by atoms with Crippen molar-refractivity contribution in [3.8, 4) is 5.69 Å². The van der Waals surface area contributed by atoms with Crippen LogP contribution in [0.4, 0.5) is 0 Å². The van der Waals surface area contributed by atoms with E-state index >= 15 is 0 Å². The first-order valence-electron chi connectivity index (χ1n) is 7.91. The molecule has 4 rings (SSSR count). The van der Waals surface area contributed by atoms with Crippen LogP contribution >= 0.6 is 15.9 Å². The van der Waals surface area contributed by atoms with Crippen LogP contribution in [-0.2, 0) is 0 Å². The Kier molecular flexibility index (Phi) is 4.15. The van der Waals surface area contributed by atoms with Gasteiger partial charge >= 0.3 is 0 Å². The number of hydrogen-bond donors (Lipinski definition) is 0. The maximum atomic E-state index is 4.63. The van der Waals surface area contributed by atoms with E-state index in [0.29, 0.717) is 0 Å². The van der Waals surface area contributed by atoms with Gasteiger partial charge in [-0.2, -0.15) is 5.10 Å². The molecule has 0 saturated carbocycles. The van der Waals surface area contributed by atoms with Crippen LogP contribution in [0.3, 0.4) is 0 Å². The minimum absolute atomic E-state index is 0.821. The molecule has 0 amide bonds. The van der Waals surface area contributed by atoms with E-state index in [0.717, 1.165) is 38.1 Å². The van der Waals surface area contributed by atoms with Crippen molar-refractivity contribution in [2.45, 2.75) is 6.92 Å². The Labute approximate surface area is 154 Å². The van der Waals surface area contributed by atoms with Gasteiger partial charge < -0.3 is 0 Å². The lowest BCUT2D eigenvalue weighted by molar-refractivity contribution is 0.847. The molecule has 4 aromatic rings. The molecular formula is C20H15BrN4. The maximum absolute atomic E-state index is 4.63. The van der Waals surface area contributed by atoms with Crippen LogP contribution in [0.25, 0.3) is 28.9 Å². The van der Waals surface area contributed by atoms with Gasteiger partial charge in [-0.1, -0.05) is 34.1 Å². The van der Waals surface area contributed by atoms with Crippen molar-refractivity contribution >= 4 is 39.1 Å². The highest BCUT2D eigenvalue weighted by molar-refractivity contribution is 9.10. The summed E-state index contributed by atoms with van der Waals surface area (Å²) in [4.78, 5) is 9.09. The molecule has 25 heavy (non-hydrogen) atoms. The van der Waals surface area contributed by atoms with Crippen molar-refractivity contribution < 1.29 is 0 Å². The van der Waals surface area contributed by atoms with Crippen molar-refractivity contribution in [3.05, 3.63) is 82.3 Å². The highest BCUT2D eigenvalue weighted by Crippen LogP contribution is 2.19. The van der Waals surface area contributed by atoms with Crippen molar-refractivity contribution in [2.24, 2.45) is 0 Å². The van der Waals surface area contributed by atoms with Gasteiger partial charge in [0, 0.05) is 15.7 Å². The molecule has 2 aromatic carbocycles. The zero-order valence-corrected chi connectivity index (χ0v) is 15.2. The quantitative estimate of drug-likeness (QED) is 0.491. The van der Waals surface area contributed by atoms with Crippen LogP contribution in [0.15, 0.2) is 65.4 Å². The third-order valence-electron chi connectivity index (χ3n) is 4.01. The third-order valence-corrected chi connectivity index (χ3v) is 4.50. The molecule has 0 radical (unpaired) electrons. The zero-order valence-electron chi connectivity index (χ0n) is 13.6. The number of aromatic nitrogens is 4. The Morgan fingerprint density at radius 2 is 1.80 bits per heavy atom. The fraction of sp³-hybridized carbons (Fsp3) is 0.0500. The summed E-state index contributed by atoms with van der Waals surface area (Å²) in [5.74, 6) is 0. The second-order valence-corrected chi connectivity index (χ2v) is 6.61. The second-order valence-electron chi connectivity index (χ2n) is 5.69. The minimum Gasteiger partial charge on any atom is -0.252 e. The molecule has 4 nitrogen and oxygen atoms in total. The number of fused-ring (bicyclic) bond motifs is 1. The standard InChI is InChI=1S/C20H15BrN4/c1-14-15(12-23-25(14)18-5-3-2-4-6-18)7-9-17-13-22-20-11-16(21)8-10-19(20)24-17/h2-13H,1H3. The molecule has 0 aliphatic heterocycles. The van der Waals surface area contributed by atoms with Gasteiger partial charge in [-0.15, -0.1) is 0 Å². The number of para-hydroxylation sites is 1. The summed E-state index contributed by atoms with van der Waals surface area (Å²) >= 11 is 3.45. The molecule has 0 spiro atoms. The first kappa shape index (κ1) is 15.7. The highest BCUT2D eigenvalue weighted by atomic mass is 79.9. The second kappa shape index (κ2) is 6.61. The third kappa shape index (κ3) is 3.23. The molecule has 0 aliphatic carbocycles. The molecule has 0 atom stereocenters. The topological polar surface area (TPSA) is 43.6 Å². The van der Waals surface area contributed by atoms with Gasteiger partial charge in [0.15, 0.2) is 0 Å². The van der Waals surface area contributed by atoms with Crippen LogP contribution < -0.4 is 0 Å². The van der Waals surface area contributed by atoms with Gasteiger partial charge in [0.1, 0.15) is 0 Å². The van der Waals surface area contributed by atoms with Crippen LogP contribution in [0, 0.1) is 6.92 Å². The Morgan fingerprint density at radius 1 is 0.960 bits per heavy atom. The molecule has 122 valence electrons. The maximum Gasteiger partial charge on any atom is 0.0898 e. The lowest BCUT2D eigenvalue weighted by Crippen LogP contribution is -1.98. The van der Waals surface area contributed by atoms with E-state index in [4.69, 9.17) is 0 Å². The highest BCUT2D eigenvalue weighted by Gasteiger charge is 2.05. The fourth-order valence-corrected chi connectivity index (χ4v) is 3.02. The average Bonchev–Trinajstić information content (AvgIpc) is 3.01. The van der Waals surface area contributed by atoms with E-state index in [1.807, 2.05) is 71.6 Å². The lowest BCUT2D eigenvalue weighted by atomic mass is 10.2. The summed E-state index contributed by atoms with van der Waals surface area (Å²) in [7, 11) is 0. The Bertz CT molecular complexity index is 1070. The van der Waals surface area contributed by atoms with Gasteiger partial charge in [0.05, 0.1) is 34.8 Å². The lowest BCUT2D eigenvalue weighted by Gasteiger charge is -2.03. The van der Waals surface area contributed by atoms with E-state index < -0.39 is 0 Å². The monoisotopic (exact) mass is 390 g/mol. The van der Waals surface area contributed by atoms with E-state index in [1.54, 1.807) is 6.20 Å². The predicted octanol–water partition coefficient (Wildman–Crippen LogP) is 5.06. The molecular weight excluding hydrogens is 376 g/mol. The number of nitrogens with zero attached hydrogens (tertiary/aromatic N) is 4. The molecule has 0 fully saturated rings. The van der Waals surface area contributed by atoms with Crippen molar-refractivity contribution in [1.82, 2.24) is 19.7 Å². The summed E-state index contributed by atoms with van der Waals surface area (Å²) in [6.07, 6.45) is 7.64. The van der Waals surface area contributed by atoms with Gasteiger partial charge in [0.25, 0.3) is 0 Å². The first-order chi connectivity index (χ1) is 12.2. The molecule has 0 N–H and O–H groups in total. The van der Waals surface area contributed by atoms with Crippen molar-refractivity contribution in [1.29, 1.82) is 0 Å². The number of rotatable bonds is 3. The molecule has 0 saturated heterocycles. The smallest absolute Gasteiger partial charge is 0.0898 e. The molecule has 2 aromatic heterocycles.